The van der Waals surface area contributed by atoms with Gasteiger partial charge >= 0.3 is 0 Å². The largest absolute Gasteiger partial charge is 0.456 e. The van der Waals surface area contributed by atoms with Crippen LogP contribution in [-0.2, 0) is 0 Å². The molecular formula is C48H28N4O. The molecule has 8 aromatic carbocycles. The molecule has 4 aromatic heterocycles. The molecule has 0 amide bonds. The van der Waals surface area contributed by atoms with Gasteiger partial charge in [0.25, 0.3) is 0 Å². The van der Waals surface area contributed by atoms with Gasteiger partial charge in [-0.25, -0.2) is 9.97 Å². The summed E-state index contributed by atoms with van der Waals surface area (Å²) in [6.45, 7) is 0. The lowest BCUT2D eigenvalue weighted by Crippen LogP contribution is -2.03. The van der Waals surface area contributed by atoms with E-state index in [0.29, 0.717) is 5.95 Å². The number of para-hydroxylation sites is 4. The van der Waals surface area contributed by atoms with Crippen molar-refractivity contribution in [2.45, 2.75) is 0 Å². The minimum absolute atomic E-state index is 0.631. The predicted octanol–water partition coefficient (Wildman–Crippen LogP) is 12.5. The molecule has 4 heterocycles. The van der Waals surface area contributed by atoms with Crippen molar-refractivity contribution in [1.29, 1.82) is 0 Å². The van der Waals surface area contributed by atoms with Gasteiger partial charge in [0.05, 0.1) is 33.3 Å². The monoisotopic (exact) mass is 676 g/mol. The second-order valence-electron chi connectivity index (χ2n) is 13.8. The SMILES string of the molecule is c1ccc(-n2c3ccc4c(c5ccccc5n4-c4nc(-c5ccc6c(c5)oc5ccccc56)c5ccccc5n4)c3c3ccc4ccccc4c32)cc1. The molecule has 0 saturated carbocycles. The summed E-state index contributed by atoms with van der Waals surface area (Å²) in [6.07, 6.45) is 0. The van der Waals surface area contributed by atoms with Crippen LogP contribution in [0.5, 0.6) is 0 Å². The number of nitrogens with zero attached hydrogens (tertiary/aromatic N) is 4. The van der Waals surface area contributed by atoms with Crippen LogP contribution in [0.15, 0.2) is 174 Å². The van der Waals surface area contributed by atoms with Gasteiger partial charge in [0.1, 0.15) is 11.2 Å². The first-order valence-corrected chi connectivity index (χ1v) is 17.9. The molecule has 12 aromatic rings. The first kappa shape index (κ1) is 28.5. The van der Waals surface area contributed by atoms with Crippen molar-refractivity contribution in [3.63, 3.8) is 0 Å². The van der Waals surface area contributed by atoms with E-state index >= 15 is 0 Å². The minimum atomic E-state index is 0.631. The summed E-state index contributed by atoms with van der Waals surface area (Å²) in [5.74, 6) is 0.631. The second-order valence-corrected chi connectivity index (χ2v) is 13.8. The van der Waals surface area contributed by atoms with E-state index in [2.05, 4.69) is 161 Å². The maximum Gasteiger partial charge on any atom is 0.235 e. The first-order chi connectivity index (χ1) is 26.3. The van der Waals surface area contributed by atoms with Crippen LogP contribution in [0, 0.1) is 0 Å². The van der Waals surface area contributed by atoms with Gasteiger partial charge in [-0.1, -0.05) is 115 Å². The van der Waals surface area contributed by atoms with Crippen LogP contribution in [0.3, 0.4) is 0 Å². The molecule has 0 bridgehead atoms. The zero-order chi connectivity index (χ0) is 34.6. The zero-order valence-electron chi connectivity index (χ0n) is 28.4. The van der Waals surface area contributed by atoms with Crippen LogP contribution in [0.1, 0.15) is 0 Å². The van der Waals surface area contributed by atoms with Crippen LogP contribution >= 0.6 is 0 Å². The van der Waals surface area contributed by atoms with E-state index in [1.165, 1.54) is 32.4 Å². The average Bonchev–Trinajstić information content (AvgIpc) is 3.88. The molecule has 0 atom stereocenters. The third-order valence-corrected chi connectivity index (χ3v) is 10.9. The number of benzene rings is 8. The molecule has 0 fully saturated rings. The van der Waals surface area contributed by atoms with Crippen molar-refractivity contribution < 1.29 is 4.42 Å². The minimum Gasteiger partial charge on any atom is -0.456 e. The van der Waals surface area contributed by atoms with E-state index < -0.39 is 0 Å². The molecule has 246 valence electrons. The first-order valence-electron chi connectivity index (χ1n) is 17.9. The summed E-state index contributed by atoms with van der Waals surface area (Å²) in [6, 6.07) is 60.0. The number of rotatable bonds is 3. The summed E-state index contributed by atoms with van der Waals surface area (Å²) in [4.78, 5) is 10.7. The van der Waals surface area contributed by atoms with Gasteiger partial charge in [-0.05, 0) is 60.0 Å². The third kappa shape index (κ3) is 3.96. The maximum atomic E-state index is 6.33. The summed E-state index contributed by atoms with van der Waals surface area (Å²) in [5, 5.41) is 10.4. The fourth-order valence-corrected chi connectivity index (χ4v) is 8.64. The van der Waals surface area contributed by atoms with E-state index in [-0.39, 0.29) is 0 Å². The number of furan rings is 1. The van der Waals surface area contributed by atoms with Gasteiger partial charge in [-0.3, -0.25) is 4.57 Å². The lowest BCUT2D eigenvalue weighted by atomic mass is 10.0. The Kier molecular flexibility index (Phi) is 5.71. The lowest BCUT2D eigenvalue weighted by Gasteiger charge is -2.12. The average molecular weight is 677 g/mol. The van der Waals surface area contributed by atoms with Gasteiger partial charge in [-0.2, -0.15) is 0 Å². The van der Waals surface area contributed by atoms with Crippen molar-refractivity contribution in [2.24, 2.45) is 0 Å². The van der Waals surface area contributed by atoms with Crippen LogP contribution < -0.4 is 0 Å². The van der Waals surface area contributed by atoms with Crippen LogP contribution in [0.25, 0.3) is 110 Å². The van der Waals surface area contributed by atoms with Gasteiger partial charge in [-0.15, -0.1) is 0 Å². The topological polar surface area (TPSA) is 48.8 Å². The van der Waals surface area contributed by atoms with Crippen molar-refractivity contribution in [1.82, 2.24) is 19.1 Å². The van der Waals surface area contributed by atoms with Gasteiger partial charge in [0.15, 0.2) is 0 Å². The van der Waals surface area contributed by atoms with Crippen LogP contribution in [-0.4, -0.2) is 19.1 Å². The highest BCUT2D eigenvalue weighted by Crippen LogP contribution is 2.44. The fourth-order valence-electron chi connectivity index (χ4n) is 8.64. The molecule has 0 spiro atoms. The summed E-state index contributed by atoms with van der Waals surface area (Å²) >= 11 is 0. The predicted molar refractivity (Wildman–Crippen MR) is 218 cm³/mol. The Morgan fingerprint density at radius 3 is 1.96 bits per heavy atom. The maximum absolute atomic E-state index is 6.33. The highest BCUT2D eigenvalue weighted by molar-refractivity contribution is 6.31. The smallest absolute Gasteiger partial charge is 0.235 e. The fraction of sp³-hybridized carbons (Fsp3) is 0. The van der Waals surface area contributed by atoms with Crippen molar-refractivity contribution >= 4 is 87.2 Å². The molecule has 0 unspecified atom stereocenters. The van der Waals surface area contributed by atoms with Gasteiger partial charge in [0.2, 0.25) is 5.95 Å². The molecule has 12 rings (SSSR count). The number of aromatic nitrogens is 4. The van der Waals surface area contributed by atoms with Crippen molar-refractivity contribution in [3.05, 3.63) is 170 Å². The standard InChI is InChI=1S/C48H28N4O/c1-2-13-31(14-3-1)51-40-26-27-41-44(45(40)37-25-22-29-12-4-5-15-32(29)47(37)51)36-18-7-10-20-39(36)52(41)48-49-38-19-9-6-17-35(38)46(50-48)30-23-24-34-33-16-8-11-21-42(33)53-43(34)28-30/h1-28H. The second kappa shape index (κ2) is 10.6. The molecule has 0 N–H and O–H groups in total. The summed E-state index contributed by atoms with van der Waals surface area (Å²) in [7, 11) is 0. The Balaban J connectivity index is 1.19. The molecule has 0 aliphatic carbocycles. The van der Waals surface area contributed by atoms with E-state index in [1.807, 2.05) is 18.2 Å². The Morgan fingerprint density at radius 1 is 0.415 bits per heavy atom. The van der Waals surface area contributed by atoms with Gasteiger partial charge < -0.3 is 8.98 Å². The molecule has 0 aliphatic rings. The van der Waals surface area contributed by atoms with Crippen molar-refractivity contribution in [3.8, 4) is 22.9 Å². The van der Waals surface area contributed by atoms with E-state index in [1.54, 1.807) is 0 Å². The molecule has 0 aliphatic heterocycles. The van der Waals surface area contributed by atoms with Crippen LogP contribution in [0.2, 0.25) is 0 Å². The molecule has 5 heteroatoms. The summed E-state index contributed by atoms with van der Waals surface area (Å²) < 4.78 is 11.0. The Labute approximate surface area is 302 Å². The third-order valence-electron chi connectivity index (χ3n) is 10.9. The molecular weight excluding hydrogens is 649 g/mol. The quantitative estimate of drug-likeness (QED) is 0.187. The number of hydrogen-bond acceptors (Lipinski definition) is 3. The highest BCUT2D eigenvalue weighted by atomic mass is 16.3. The van der Waals surface area contributed by atoms with E-state index in [9.17, 15) is 0 Å². The Bertz CT molecular complexity index is 3460. The van der Waals surface area contributed by atoms with E-state index in [4.69, 9.17) is 14.4 Å². The Morgan fingerprint density at radius 2 is 1.08 bits per heavy atom. The van der Waals surface area contributed by atoms with Crippen LogP contribution in [0.4, 0.5) is 0 Å². The van der Waals surface area contributed by atoms with E-state index in [0.717, 1.165) is 71.7 Å². The number of hydrogen-bond donors (Lipinski definition) is 0. The Hall–Kier alpha value is -7.24. The van der Waals surface area contributed by atoms with Gasteiger partial charge in [0, 0.05) is 54.3 Å². The number of fused-ring (bicyclic) bond motifs is 13. The zero-order valence-corrected chi connectivity index (χ0v) is 28.4. The molecule has 0 radical (unpaired) electrons. The van der Waals surface area contributed by atoms with Crippen molar-refractivity contribution in [2.75, 3.05) is 0 Å². The lowest BCUT2D eigenvalue weighted by molar-refractivity contribution is 0.669. The molecule has 5 nitrogen and oxygen atoms in total. The normalized spacial score (nSPS) is 12.2. The molecule has 53 heavy (non-hydrogen) atoms. The molecule has 0 saturated heterocycles. The summed E-state index contributed by atoms with van der Waals surface area (Å²) in [5.41, 5.74) is 10.1. The highest BCUT2D eigenvalue weighted by Gasteiger charge is 2.23.